The van der Waals surface area contributed by atoms with Gasteiger partial charge in [-0.05, 0) is 40.0 Å². The predicted molar refractivity (Wildman–Crippen MR) is 157 cm³/mol. The summed E-state index contributed by atoms with van der Waals surface area (Å²) in [5, 5.41) is -10.6. The van der Waals surface area contributed by atoms with Crippen molar-refractivity contribution in [3.05, 3.63) is 0 Å². The van der Waals surface area contributed by atoms with Gasteiger partial charge in [0.15, 0.2) is 13.0 Å². The molecule has 35 heavy (non-hydrogen) atoms. The van der Waals surface area contributed by atoms with E-state index in [9.17, 15) is 4.57 Å². The highest BCUT2D eigenvalue weighted by atomic mass is 35.5. The molecule has 0 aliphatic carbocycles. The molecular formula is C18H27Cl12O4P. The van der Waals surface area contributed by atoms with Gasteiger partial charge in [-0.25, -0.2) is 4.57 Å². The molecule has 0 aliphatic heterocycles. The van der Waals surface area contributed by atoms with Crippen LogP contribution < -0.4 is 0 Å². The lowest BCUT2D eigenvalue weighted by Gasteiger charge is -2.47. The Morgan fingerprint density at radius 3 is 0.829 bits per heavy atom. The number of halogens is 12. The number of hydrogen-bond donors (Lipinski definition) is 0. The van der Waals surface area contributed by atoms with Crippen molar-refractivity contribution >= 4 is 147 Å². The Morgan fingerprint density at radius 2 is 0.714 bits per heavy atom. The molecular weight excluding hydrogens is 737 g/mol. The van der Waals surface area contributed by atoms with E-state index in [0.29, 0.717) is 0 Å². The summed E-state index contributed by atoms with van der Waals surface area (Å²) in [5.41, 5.74) is 0. The summed E-state index contributed by atoms with van der Waals surface area (Å²) in [6, 6.07) is 0. The van der Waals surface area contributed by atoms with Crippen LogP contribution in [0, 0.1) is 0 Å². The first-order valence-electron chi connectivity index (χ1n) is 10.2. The molecule has 0 heterocycles. The van der Waals surface area contributed by atoms with E-state index in [0.717, 1.165) is 0 Å². The third-order valence-electron chi connectivity index (χ3n) is 5.10. The lowest BCUT2D eigenvalue weighted by atomic mass is 10.1. The molecule has 212 valence electrons. The second-order valence-electron chi connectivity index (χ2n) is 7.68. The van der Waals surface area contributed by atoms with Crippen LogP contribution in [0.15, 0.2) is 0 Å². The molecule has 0 aromatic heterocycles. The molecule has 0 saturated heterocycles. The largest absolute Gasteiger partial charge is 0.480 e. The number of hydrogen-bond acceptors (Lipinski definition) is 4. The SMILES string of the molecule is CCC(Cl)(Cl)C(Cl)(OP(=O)(OC(Cl)(C(C)Cl)C(Cl)(Cl)CC)OC(Cl)(C(C)Cl)C(Cl)(Cl)CC)C(C)Cl. The molecule has 0 spiro atoms. The van der Waals surface area contributed by atoms with Crippen LogP contribution in [0.1, 0.15) is 60.8 Å². The van der Waals surface area contributed by atoms with Crippen molar-refractivity contribution in [3.63, 3.8) is 0 Å². The highest BCUT2D eigenvalue weighted by Gasteiger charge is 2.65. The van der Waals surface area contributed by atoms with Gasteiger partial charge in [-0.15, -0.1) is 34.8 Å². The number of phosphoric acid groups is 1. The fraction of sp³-hybridized carbons (Fsp3) is 1.00. The topological polar surface area (TPSA) is 44.8 Å². The maximum absolute atomic E-state index is 14.4. The normalized spacial score (nSPS) is 23.4. The summed E-state index contributed by atoms with van der Waals surface area (Å²) < 4.78 is 25.6. The van der Waals surface area contributed by atoms with Crippen LogP contribution in [-0.2, 0) is 18.1 Å². The molecule has 17 heteroatoms. The highest BCUT2D eigenvalue weighted by molar-refractivity contribution is 7.49. The summed E-state index contributed by atoms with van der Waals surface area (Å²) in [5.74, 6) is 0. The van der Waals surface area contributed by atoms with Crippen LogP contribution in [0.2, 0.25) is 0 Å². The maximum Gasteiger partial charge on any atom is 0.480 e. The molecule has 6 atom stereocenters. The third kappa shape index (κ3) is 8.33. The molecule has 0 fully saturated rings. The van der Waals surface area contributed by atoms with Gasteiger partial charge in [-0.2, -0.15) is 0 Å². The standard InChI is InChI=1S/C18H27Cl12O4P/c1-7-13(22,23)16(28,10(4)19)32-35(31,33-17(29,11(5)20)14(24,25)8-2)34-18(30,12(6)21)15(26,27)9-3/h10-12H,7-9H2,1-6H3. The Hall–Kier alpha value is 3.59. The van der Waals surface area contributed by atoms with Crippen LogP contribution in [0.5, 0.6) is 0 Å². The minimum atomic E-state index is -5.23. The van der Waals surface area contributed by atoms with E-state index in [-0.39, 0.29) is 19.3 Å². The fourth-order valence-corrected chi connectivity index (χ4v) is 8.50. The molecule has 0 aromatic carbocycles. The number of alkyl halides is 12. The summed E-state index contributed by atoms with van der Waals surface area (Å²) in [6.45, 7) is 8.86. The predicted octanol–water partition coefficient (Wildman–Crippen LogP) is 11.6. The van der Waals surface area contributed by atoms with E-state index in [2.05, 4.69) is 0 Å². The summed E-state index contributed by atoms with van der Waals surface area (Å²) >= 11 is 77.1. The van der Waals surface area contributed by atoms with Gasteiger partial charge >= 0.3 is 7.82 Å². The second-order valence-corrected chi connectivity index (χ2v) is 17.2. The van der Waals surface area contributed by atoms with Crippen molar-refractivity contribution in [3.8, 4) is 0 Å². The zero-order chi connectivity index (χ0) is 28.5. The van der Waals surface area contributed by atoms with E-state index >= 15 is 0 Å². The number of phosphoric ester groups is 1. The average Bonchev–Trinajstić information content (AvgIpc) is 2.72. The molecule has 4 nitrogen and oxygen atoms in total. The van der Waals surface area contributed by atoms with E-state index in [1.54, 1.807) is 20.8 Å². The lowest BCUT2D eigenvalue weighted by Crippen LogP contribution is -2.54. The van der Waals surface area contributed by atoms with Crippen molar-refractivity contribution in [1.29, 1.82) is 0 Å². The molecule has 0 amide bonds. The first-order valence-corrected chi connectivity index (χ1v) is 16.4. The van der Waals surface area contributed by atoms with Crippen LogP contribution >= 0.6 is 147 Å². The molecule has 6 unspecified atom stereocenters. The van der Waals surface area contributed by atoms with Crippen molar-refractivity contribution in [2.45, 2.75) is 105 Å². The van der Waals surface area contributed by atoms with E-state index in [1.807, 2.05) is 0 Å². The van der Waals surface area contributed by atoms with Gasteiger partial charge < -0.3 is 0 Å². The van der Waals surface area contributed by atoms with Gasteiger partial charge in [0.05, 0.1) is 16.1 Å². The zero-order valence-electron chi connectivity index (χ0n) is 19.5. The smallest absolute Gasteiger partial charge is 0.259 e. The number of rotatable bonds is 15. The van der Waals surface area contributed by atoms with E-state index in [1.165, 1.54) is 20.8 Å². The molecule has 0 rings (SSSR count). The Labute approximate surface area is 267 Å². The first kappa shape index (κ1) is 38.6. The van der Waals surface area contributed by atoms with Gasteiger partial charge in [0.2, 0.25) is 15.2 Å². The second kappa shape index (κ2) is 13.7. The fourth-order valence-electron chi connectivity index (χ4n) is 2.56. The minimum absolute atomic E-state index is 0.0274. The Kier molecular flexibility index (Phi) is 15.1. The molecule has 0 saturated carbocycles. The molecule has 0 aliphatic rings. The van der Waals surface area contributed by atoms with Gasteiger partial charge in [-0.3, -0.25) is 13.6 Å². The van der Waals surface area contributed by atoms with Crippen molar-refractivity contribution in [1.82, 2.24) is 0 Å². The van der Waals surface area contributed by atoms with Crippen molar-refractivity contribution < 1.29 is 18.1 Å². The lowest BCUT2D eigenvalue weighted by molar-refractivity contribution is -0.0173. The quantitative estimate of drug-likeness (QED) is 0.123. The molecule has 0 aromatic rings. The minimum Gasteiger partial charge on any atom is -0.259 e. The van der Waals surface area contributed by atoms with Crippen molar-refractivity contribution in [2.75, 3.05) is 0 Å². The van der Waals surface area contributed by atoms with Gasteiger partial charge in [0, 0.05) is 0 Å². The summed E-state index contributed by atoms with van der Waals surface area (Å²) in [6.07, 6.45) is -0.0823. The average molecular weight is 764 g/mol. The van der Waals surface area contributed by atoms with E-state index in [4.69, 9.17) is 153 Å². The summed E-state index contributed by atoms with van der Waals surface area (Å²) in [4.78, 5) is 0. The van der Waals surface area contributed by atoms with Crippen LogP contribution in [0.25, 0.3) is 0 Å². The van der Waals surface area contributed by atoms with Gasteiger partial charge in [0.1, 0.15) is 0 Å². The van der Waals surface area contributed by atoms with Gasteiger partial charge in [-0.1, -0.05) is 125 Å². The molecule has 0 radical (unpaired) electrons. The first-order chi connectivity index (χ1) is 15.4. The van der Waals surface area contributed by atoms with Crippen LogP contribution in [0.4, 0.5) is 0 Å². The molecule has 0 bridgehead atoms. The van der Waals surface area contributed by atoms with Crippen LogP contribution in [-0.4, -0.2) is 44.3 Å². The van der Waals surface area contributed by atoms with Crippen LogP contribution in [0.3, 0.4) is 0 Å². The van der Waals surface area contributed by atoms with E-state index < -0.39 is 52.1 Å². The monoisotopic (exact) mass is 758 g/mol. The zero-order valence-corrected chi connectivity index (χ0v) is 29.4. The highest BCUT2D eigenvalue weighted by Crippen LogP contribution is 2.68. The van der Waals surface area contributed by atoms with Gasteiger partial charge in [0.25, 0.3) is 0 Å². The Balaban J connectivity index is 7.21. The Bertz CT molecular complexity index is 658. The molecule has 0 N–H and O–H groups in total. The summed E-state index contributed by atoms with van der Waals surface area (Å²) in [7, 11) is -5.23. The maximum atomic E-state index is 14.4. The van der Waals surface area contributed by atoms with Crippen molar-refractivity contribution in [2.24, 2.45) is 0 Å². The Morgan fingerprint density at radius 1 is 0.543 bits per heavy atom. The third-order valence-corrected chi connectivity index (χ3v) is 14.3.